The van der Waals surface area contributed by atoms with E-state index in [1.54, 1.807) is 0 Å². The van der Waals surface area contributed by atoms with Gasteiger partial charge in [0, 0.05) is 18.4 Å². The molecule has 0 spiro atoms. The van der Waals surface area contributed by atoms with Crippen LogP contribution in [0.4, 0.5) is 0 Å². The second-order valence-corrected chi connectivity index (χ2v) is 6.55. The van der Waals surface area contributed by atoms with Crippen LogP contribution in [-0.4, -0.2) is 11.5 Å². The summed E-state index contributed by atoms with van der Waals surface area (Å²) in [5.41, 5.74) is 2.92. The summed E-state index contributed by atoms with van der Waals surface area (Å²) >= 11 is 0. The molecule has 0 saturated heterocycles. The minimum absolute atomic E-state index is 0.528. The summed E-state index contributed by atoms with van der Waals surface area (Å²) < 4.78 is 0. The summed E-state index contributed by atoms with van der Waals surface area (Å²) in [6, 6.07) is 2.78. The molecule has 1 N–H and O–H groups in total. The van der Waals surface area contributed by atoms with E-state index in [0.717, 1.165) is 24.8 Å². The van der Waals surface area contributed by atoms with Gasteiger partial charge in [-0.1, -0.05) is 40.0 Å². The van der Waals surface area contributed by atoms with Crippen molar-refractivity contribution in [3.8, 4) is 0 Å². The Balaban J connectivity index is 2.14. The molecule has 1 aromatic heterocycles. The zero-order valence-electron chi connectivity index (χ0n) is 14.1. The van der Waals surface area contributed by atoms with Gasteiger partial charge in [-0.25, -0.2) is 0 Å². The molecule has 21 heavy (non-hydrogen) atoms. The average molecular weight is 288 g/mol. The highest BCUT2D eigenvalue weighted by atomic mass is 14.9. The molecule has 0 aromatic carbocycles. The van der Waals surface area contributed by atoms with Crippen molar-refractivity contribution in [1.82, 2.24) is 10.3 Å². The van der Waals surface area contributed by atoms with Gasteiger partial charge in [-0.05, 0) is 61.3 Å². The Labute approximate surface area is 130 Å². The maximum atomic E-state index is 4.32. The molecule has 0 aliphatic heterocycles. The van der Waals surface area contributed by atoms with Crippen molar-refractivity contribution < 1.29 is 0 Å². The summed E-state index contributed by atoms with van der Waals surface area (Å²) in [5.74, 6) is 1.77. The summed E-state index contributed by atoms with van der Waals surface area (Å²) in [6.45, 7) is 7.95. The van der Waals surface area contributed by atoms with Crippen molar-refractivity contribution in [3.05, 3.63) is 29.6 Å². The van der Waals surface area contributed by atoms with Gasteiger partial charge in [0.15, 0.2) is 0 Å². The molecular formula is C19H32N2. The summed E-state index contributed by atoms with van der Waals surface area (Å²) in [6.07, 6.45) is 13.3. The lowest BCUT2D eigenvalue weighted by Gasteiger charge is -2.35. The van der Waals surface area contributed by atoms with Crippen LogP contribution in [0.3, 0.4) is 0 Å². The lowest BCUT2D eigenvalue weighted by Crippen LogP contribution is -2.32. The molecule has 2 heteroatoms. The second kappa shape index (κ2) is 8.53. The van der Waals surface area contributed by atoms with E-state index in [9.17, 15) is 0 Å². The van der Waals surface area contributed by atoms with Gasteiger partial charge in [-0.2, -0.15) is 0 Å². The van der Waals surface area contributed by atoms with Crippen molar-refractivity contribution in [1.29, 1.82) is 0 Å². The monoisotopic (exact) mass is 288 g/mol. The number of nitrogens with one attached hydrogen (secondary N) is 1. The van der Waals surface area contributed by atoms with Gasteiger partial charge in [0.05, 0.1) is 0 Å². The Hall–Kier alpha value is -0.890. The van der Waals surface area contributed by atoms with Crippen molar-refractivity contribution >= 4 is 0 Å². The van der Waals surface area contributed by atoms with Crippen molar-refractivity contribution in [3.63, 3.8) is 0 Å². The lowest BCUT2D eigenvalue weighted by molar-refractivity contribution is 0.218. The molecule has 1 unspecified atom stereocenters. The van der Waals surface area contributed by atoms with Crippen LogP contribution in [0.25, 0.3) is 0 Å². The number of pyridine rings is 1. The van der Waals surface area contributed by atoms with Crippen LogP contribution in [0, 0.1) is 11.8 Å². The molecule has 0 radical (unpaired) electrons. The molecule has 1 aromatic rings. The Morgan fingerprint density at radius 3 is 2.57 bits per heavy atom. The van der Waals surface area contributed by atoms with Crippen molar-refractivity contribution in [2.75, 3.05) is 6.54 Å². The third kappa shape index (κ3) is 4.29. The van der Waals surface area contributed by atoms with Crippen molar-refractivity contribution in [2.45, 2.75) is 71.8 Å². The molecule has 0 amide bonds. The first-order valence-corrected chi connectivity index (χ1v) is 8.96. The van der Waals surface area contributed by atoms with Gasteiger partial charge >= 0.3 is 0 Å². The normalized spacial score (nSPS) is 24.0. The standard InChI is InChI=1S/C19H32N2/c1-4-12-21-19(17-9-7-15(5-2)8-10-17)18-11-13-20-14-16(18)6-3/h11,13-15,17,19,21H,4-10,12H2,1-3H3. The van der Waals surface area contributed by atoms with E-state index >= 15 is 0 Å². The number of hydrogen-bond donors (Lipinski definition) is 1. The summed E-state index contributed by atoms with van der Waals surface area (Å²) in [5, 5.41) is 3.84. The maximum Gasteiger partial charge on any atom is 0.0352 e. The minimum atomic E-state index is 0.528. The van der Waals surface area contributed by atoms with E-state index in [4.69, 9.17) is 0 Å². The molecule has 118 valence electrons. The number of hydrogen-bond acceptors (Lipinski definition) is 2. The second-order valence-electron chi connectivity index (χ2n) is 6.55. The first-order chi connectivity index (χ1) is 10.3. The van der Waals surface area contributed by atoms with E-state index in [-0.39, 0.29) is 0 Å². The van der Waals surface area contributed by atoms with Crippen LogP contribution in [0.15, 0.2) is 18.5 Å². The molecular weight excluding hydrogens is 256 g/mol. The third-order valence-corrected chi connectivity index (χ3v) is 5.21. The zero-order valence-corrected chi connectivity index (χ0v) is 14.1. The molecule has 1 fully saturated rings. The van der Waals surface area contributed by atoms with E-state index in [1.165, 1.54) is 49.7 Å². The quantitative estimate of drug-likeness (QED) is 0.772. The predicted molar refractivity (Wildman–Crippen MR) is 90.4 cm³/mol. The molecule has 1 atom stereocenters. The van der Waals surface area contributed by atoms with E-state index < -0.39 is 0 Å². The summed E-state index contributed by atoms with van der Waals surface area (Å²) in [7, 11) is 0. The fraction of sp³-hybridized carbons (Fsp3) is 0.737. The van der Waals surface area contributed by atoms with Gasteiger partial charge in [0.2, 0.25) is 0 Å². The smallest absolute Gasteiger partial charge is 0.0352 e. The number of nitrogens with zero attached hydrogens (tertiary/aromatic N) is 1. The Morgan fingerprint density at radius 2 is 1.95 bits per heavy atom. The van der Waals surface area contributed by atoms with Crippen LogP contribution in [0.1, 0.15) is 76.5 Å². The highest BCUT2D eigenvalue weighted by Gasteiger charge is 2.28. The SMILES string of the molecule is CCCNC(c1ccncc1CC)C1CCC(CC)CC1. The van der Waals surface area contributed by atoms with Crippen LogP contribution >= 0.6 is 0 Å². The number of rotatable bonds is 7. The topological polar surface area (TPSA) is 24.9 Å². The minimum Gasteiger partial charge on any atom is -0.310 e. The van der Waals surface area contributed by atoms with Crippen LogP contribution in [-0.2, 0) is 6.42 Å². The first kappa shape index (κ1) is 16.5. The fourth-order valence-electron chi connectivity index (χ4n) is 3.80. The van der Waals surface area contributed by atoms with E-state index in [1.807, 2.05) is 6.20 Å². The van der Waals surface area contributed by atoms with Gasteiger partial charge in [-0.3, -0.25) is 4.98 Å². The van der Waals surface area contributed by atoms with Crippen LogP contribution in [0.5, 0.6) is 0 Å². The van der Waals surface area contributed by atoms with E-state index in [2.05, 4.69) is 43.3 Å². The summed E-state index contributed by atoms with van der Waals surface area (Å²) in [4.78, 5) is 4.32. The van der Waals surface area contributed by atoms with Gasteiger partial charge in [0.1, 0.15) is 0 Å². The van der Waals surface area contributed by atoms with Crippen molar-refractivity contribution in [2.24, 2.45) is 11.8 Å². The molecule has 1 aliphatic carbocycles. The third-order valence-electron chi connectivity index (χ3n) is 5.21. The lowest BCUT2D eigenvalue weighted by atomic mass is 9.75. The number of aromatic nitrogens is 1. The molecule has 2 rings (SSSR count). The highest BCUT2D eigenvalue weighted by molar-refractivity contribution is 5.27. The van der Waals surface area contributed by atoms with Gasteiger partial charge < -0.3 is 5.32 Å². The fourth-order valence-corrected chi connectivity index (χ4v) is 3.80. The van der Waals surface area contributed by atoms with Crippen LogP contribution in [0.2, 0.25) is 0 Å². The Morgan fingerprint density at radius 1 is 1.19 bits per heavy atom. The molecule has 1 heterocycles. The molecule has 2 nitrogen and oxygen atoms in total. The van der Waals surface area contributed by atoms with Crippen LogP contribution < -0.4 is 5.32 Å². The average Bonchev–Trinajstić information content (AvgIpc) is 2.56. The maximum absolute atomic E-state index is 4.32. The zero-order chi connectivity index (χ0) is 15.1. The molecule has 1 aliphatic rings. The molecule has 0 bridgehead atoms. The first-order valence-electron chi connectivity index (χ1n) is 8.96. The van der Waals surface area contributed by atoms with Gasteiger partial charge in [0.25, 0.3) is 0 Å². The van der Waals surface area contributed by atoms with Gasteiger partial charge in [-0.15, -0.1) is 0 Å². The Bertz CT molecular complexity index is 408. The Kier molecular flexibility index (Phi) is 6.69. The number of aryl methyl sites for hydroxylation is 1. The van der Waals surface area contributed by atoms with E-state index in [0.29, 0.717) is 6.04 Å². The largest absolute Gasteiger partial charge is 0.310 e. The predicted octanol–water partition coefficient (Wildman–Crippen LogP) is 4.90. The molecule has 1 saturated carbocycles. The highest BCUT2D eigenvalue weighted by Crippen LogP contribution is 2.38.